The summed E-state index contributed by atoms with van der Waals surface area (Å²) in [5.41, 5.74) is -1.57. The lowest BCUT2D eigenvalue weighted by atomic mass is 9.92. The first kappa shape index (κ1) is 14.4. The Hall–Kier alpha value is -0.570. The summed E-state index contributed by atoms with van der Waals surface area (Å²) in [5.74, 6) is -1.09. The summed E-state index contributed by atoms with van der Waals surface area (Å²) in [7, 11) is 0. The molecule has 3 nitrogen and oxygen atoms in total. The van der Waals surface area contributed by atoms with Gasteiger partial charge in [0.2, 0.25) is 0 Å². The van der Waals surface area contributed by atoms with Crippen molar-refractivity contribution in [1.29, 1.82) is 0 Å². The molecular weight excluding hydrogens is 192 g/mol. The zero-order chi connectivity index (χ0) is 12.1. The van der Waals surface area contributed by atoms with Gasteiger partial charge in [0.25, 0.3) is 0 Å². The van der Waals surface area contributed by atoms with Crippen LogP contribution in [0.15, 0.2) is 0 Å². The summed E-state index contributed by atoms with van der Waals surface area (Å²) in [6, 6.07) is 0. The number of rotatable bonds is 6. The Morgan fingerprint density at radius 3 is 2.07 bits per heavy atom. The molecule has 1 unspecified atom stereocenters. The molecule has 0 saturated heterocycles. The maximum absolute atomic E-state index is 11.2. The second-order valence-electron chi connectivity index (χ2n) is 4.95. The van der Waals surface area contributed by atoms with Crippen molar-refractivity contribution in [1.82, 2.24) is 0 Å². The van der Waals surface area contributed by atoms with E-state index >= 15 is 0 Å². The molecular formula is C12H23O3-. The van der Waals surface area contributed by atoms with Gasteiger partial charge in [0, 0.05) is 0 Å². The summed E-state index contributed by atoms with van der Waals surface area (Å²) in [4.78, 5) is 11.2. The maximum atomic E-state index is 11.2. The maximum Gasteiger partial charge on any atom is 0.108 e. The van der Waals surface area contributed by atoms with Crippen LogP contribution in [0.4, 0.5) is 0 Å². The Kier molecular flexibility index (Phi) is 5.29. The molecule has 0 rings (SSSR count). The van der Waals surface area contributed by atoms with Gasteiger partial charge in [-0.25, -0.2) is 0 Å². The van der Waals surface area contributed by atoms with E-state index < -0.39 is 17.2 Å². The lowest BCUT2D eigenvalue weighted by Crippen LogP contribution is -2.53. The largest absolute Gasteiger partial charge is 0.547 e. The number of aliphatic carboxylic acids is 1. The van der Waals surface area contributed by atoms with E-state index in [0.717, 1.165) is 12.8 Å². The minimum Gasteiger partial charge on any atom is -0.547 e. The van der Waals surface area contributed by atoms with Crippen LogP contribution in [0.2, 0.25) is 0 Å². The van der Waals surface area contributed by atoms with Gasteiger partial charge in [-0.15, -0.1) is 0 Å². The molecule has 0 N–H and O–H groups in total. The zero-order valence-electron chi connectivity index (χ0n) is 10.6. The molecule has 0 aliphatic heterocycles. The average Bonchev–Trinajstić information content (AvgIpc) is 2.10. The van der Waals surface area contributed by atoms with Crippen LogP contribution < -0.4 is 5.11 Å². The molecule has 0 heterocycles. The number of carboxylic acid groups (broad SMARTS) is 1. The highest BCUT2D eigenvalue weighted by Crippen LogP contribution is 2.28. The number of hydrogen-bond donors (Lipinski definition) is 0. The highest BCUT2D eigenvalue weighted by molar-refractivity contribution is 5.75. The second-order valence-corrected chi connectivity index (χ2v) is 4.95. The fraction of sp³-hybridized carbons (Fsp3) is 0.917. The van der Waals surface area contributed by atoms with Crippen molar-refractivity contribution in [3.05, 3.63) is 0 Å². The van der Waals surface area contributed by atoms with Crippen molar-refractivity contribution in [3.8, 4) is 0 Å². The topological polar surface area (TPSA) is 49.4 Å². The van der Waals surface area contributed by atoms with E-state index in [9.17, 15) is 9.90 Å². The number of carbonyl (C=O) groups excluding carboxylic acids is 1. The highest BCUT2D eigenvalue weighted by Gasteiger charge is 2.34. The van der Waals surface area contributed by atoms with Crippen LogP contribution in [0.5, 0.6) is 0 Å². The molecule has 0 fully saturated rings. The van der Waals surface area contributed by atoms with Crippen LogP contribution in [0.1, 0.15) is 60.3 Å². The van der Waals surface area contributed by atoms with Gasteiger partial charge in [0.1, 0.15) is 5.60 Å². The summed E-state index contributed by atoms with van der Waals surface area (Å²) in [5, 5.41) is 11.2. The van der Waals surface area contributed by atoms with Gasteiger partial charge in [-0.3, -0.25) is 0 Å². The van der Waals surface area contributed by atoms with Crippen LogP contribution in [-0.2, 0) is 9.53 Å². The van der Waals surface area contributed by atoms with Crippen molar-refractivity contribution in [2.24, 2.45) is 0 Å². The van der Waals surface area contributed by atoms with Gasteiger partial charge in [0.15, 0.2) is 0 Å². The number of carbonyl (C=O) groups is 1. The number of ether oxygens (including phenoxy) is 1. The highest BCUT2D eigenvalue weighted by atomic mass is 16.5. The van der Waals surface area contributed by atoms with Crippen LogP contribution >= 0.6 is 0 Å². The molecule has 0 spiro atoms. The third kappa shape index (κ3) is 4.65. The number of carboxylic acids is 1. The van der Waals surface area contributed by atoms with E-state index in [1.54, 1.807) is 0 Å². The summed E-state index contributed by atoms with van der Waals surface area (Å²) in [6.07, 6.45) is 2.78. The predicted octanol–water partition coefficient (Wildman–Crippen LogP) is 1.89. The van der Waals surface area contributed by atoms with Crippen LogP contribution in [0, 0.1) is 0 Å². The van der Waals surface area contributed by atoms with Crippen molar-refractivity contribution < 1.29 is 14.6 Å². The van der Waals surface area contributed by atoms with Crippen molar-refractivity contribution in [2.75, 3.05) is 0 Å². The minimum atomic E-state index is -1.12. The SMILES string of the molecule is CCCCC(CC)(OC(C)(C)C)C(=O)[O-]. The Labute approximate surface area is 92.8 Å². The summed E-state index contributed by atoms with van der Waals surface area (Å²) in [6.45, 7) is 9.47. The van der Waals surface area contributed by atoms with Crippen molar-refractivity contribution >= 4 is 5.97 Å². The first-order valence-corrected chi connectivity index (χ1v) is 5.69. The van der Waals surface area contributed by atoms with Gasteiger partial charge < -0.3 is 14.6 Å². The fourth-order valence-corrected chi connectivity index (χ4v) is 1.64. The Morgan fingerprint density at radius 1 is 1.27 bits per heavy atom. The number of hydrogen-bond acceptors (Lipinski definition) is 3. The molecule has 0 bridgehead atoms. The normalized spacial score (nSPS) is 16.1. The Morgan fingerprint density at radius 2 is 1.80 bits per heavy atom. The van der Waals surface area contributed by atoms with Crippen LogP contribution in [0.25, 0.3) is 0 Å². The molecule has 0 aromatic carbocycles. The van der Waals surface area contributed by atoms with Gasteiger partial charge in [-0.2, -0.15) is 0 Å². The third-order valence-corrected chi connectivity index (χ3v) is 2.38. The predicted molar refractivity (Wildman–Crippen MR) is 58.4 cm³/mol. The monoisotopic (exact) mass is 215 g/mol. The molecule has 3 heteroatoms. The van der Waals surface area contributed by atoms with Gasteiger partial charge >= 0.3 is 0 Å². The van der Waals surface area contributed by atoms with Gasteiger partial charge in [-0.1, -0.05) is 26.7 Å². The smallest absolute Gasteiger partial charge is 0.108 e. The van der Waals surface area contributed by atoms with Crippen molar-refractivity contribution in [3.63, 3.8) is 0 Å². The molecule has 1 atom stereocenters. The molecule has 0 radical (unpaired) electrons. The Bertz CT molecular complexity index is 205. The first-order valence-electron chi connectivity index (χ1n) is 5.69. The molecule has 0 amide bonds. The molecule has 0 aliphatic rings. The average molecular weight is 215 g/mol. The lowest BCUT2D eigenvalue weighted by Gasteiger charge is -2.39. The van der Waals surface area contributed by atoms with E-state index in [-0.39, 0.29) is 0 Å². The van der Waals surface area contributed by atoms with Crippen LogP contribution in [-0.4, -0.2) is 17.2 Å². The molecule has 0 aromatic heterocycles. The minimum absolute atomic E-state index is 0.451. The standard InChI is InChI=1S/C12H24O3/c1-6-8-9-12(7-2,10(13)14)15-11(3,4)5/h6-9H2,1-5H3,(H,13,14)/p-1. The van der Waals surface area contributed by atoms with E-state index in [1.165, 1.54) is 0 Å². The van der Waals surface area contributed by atoms with E-state index in [0.29, 0.717) is 12.8 Å². The second kappa shape index (κ2) is 5.50. The zero-order valence-corrected chi connectivity index (χ0v) is 10.6. The Balaban J connectivity index is 4.73. The fourth-order valence-electron chi connectivity index (χ4n) is 1.64. The van der Waals surface area contributed by atoms with Gasteiger partial charge in [0.05, 0.1) is 11.6 Å². The van der Waals surface area contributed by atoms with Crippen molar-refractivity contribution in [2.45, 2.75) is 71.5 Å². The lowest BCUT2D eigenvalue weighted by molar-refractivity contribution is -0.334. The third-order valence-electron chi connectivity index (χ3n) is 2.38. The first-order chi connectivity index (χ1) is 6.77. The molecule has 15 heavy (non-hydrogen) atoms. The van der Waals surface area contributed by atoms with Crippen LogP contribution in [0.3, 0.4) is 0 Å². The van der Waals surface area contributed by atoms with Gasteiger partial charge in [-0.05, 0) is 33.6 Å². The van der Waals surface area contributed by atoms with E-state index in [2.05, 4.69) is 0 Å². The summed E-state index contributed by atoms with van der Waals surface area (Å²) >= 11 is 0. The quantitative estimate of drug-likeness (QED) is 0.680. The number of unbranched alkanes of at least 4 members (excludes halogenated alkanes) is 1. The molecule has 90 valence electrons. The van der Waals surface area contributed by atoms with E-state index in [4.69, 9.17) is 4.74 Å². The van der Waals surface area contributed by atoms with E-state index in [1.807, 2.05) is 34.6 Å². The molecule has 0 saturated carbocycles. The molecule has 0 aromatic rings. The molecule has 0 aliphatic carbocycles. The summed E-state index contributed by atoms with van der Waals surface area (Å²) < 4.78 is 5.68.